The molecule has 0 unspecified atom stereocenters. The molecular weight excluding hydrogens is 499 g/mol. The van der Waals surface area contributed by atoms with Crippen molar-refractivity contribution in [3.05, 3.63) is 72.1 Å². The van der Waals surface area contributed by atoms with Crippen LogP contribution in [0.25, 0.3) is 0 Å². The van der Waals surface area contributed by atoms with Gasteiger partial charge in [-0.25, -0.2) is 9.37 Å². The van der Waals surface area contributed by atoms with E-state index in [0.29, 0.717) is 5.69 Å². The lowest BCUT2D eigenvalue weighted by Gasteiger charge is -2.32. The Labute approximate surface area is 209 Å². The van der Waals surface area contributed by atoms with Gasteiger partial charge in [-0.15, -0.1) is 0 Å². The lowest BCUT2D eigenvalue weighted by atomic mass is 9.77. The van der Waals surface area contributed by atoms with E-state index in [1.54, 1.807) is 24.1 Å². The Balaban J connectivity index is 1.71. The van der Waals surface area contributed by atoms with Gasteiger partial charge in [0.25, 0.3) is 5.91 Å². The normalized spacial score (nSPS) is 23.7. The molecule has 1 N–H and O–H groups in total. The first-order valence-electron chi connectivity index (χ1n) is 11.5. The summed E-state index contributed by atoms with van der Waals surface area (Å²) in [5.74, 6) is -6.71. The molecule has 0 radical (unpaired) electrons. The molecule has 0 bridgehead atoms. The number of alkyl halides is 3. The number of imidazole rings is 1. The third-order valence-corrected chi connectivity index (χ3v) is 6.68. The molecular formula is C25H25F5N4O3. The van der Waals surface area contributed by atoms with E-state index < -0.39 is 53.0 Å². The van der Waals surface area contributed by atoms with Crippen molar-refractivity contribution in [2.24, 2.45) is 13.0 Å². The number of anilines is 1. The maximum atomic E-state index is 15.0. The summed E-state index contributed by atoms with van der Waals surface area (Å²) in [6.07, 6.45) is -0.230. The van der Waals surface area contributed by atoms with Crippen molar-refractivity contribution in [3.63, 3.8) is 0 Å². The number of carbonyl (C=O) groups excluding carboxylic acids is 1. The van der Waals surface area contributed by atoms with Crippen molar-refractivity contribution < 1.29 is 36.2 Å². The van der Waals surface area contributed by atoms with Crippen LogP contribution in [0.15, 0.2) is 49.2 Å². The molecule has 0 spiro atoms. The maximum absolute atomic E-state index is 15.0. The van der Waals surface area contributed by atoms with E-state index >= 15 is 0 Å². The van der Waals surface area contributed by atoms with Gasteiger partial charge in [-0.3, -0.25) is 9.78 Å². The van der Waals surface area contributed by atoms with Gasteiger partial charge in [-0.2, -0.15) is 17.6 Å². The van der Waals surface area contributed by atoms with E-state index in [0.717, 1.165) is 19.1 Å². The molecule has 1 amide bonds. The Morgan fingerprint density at radius 2 is 1.92 bits per heavy atom. The van der Waals surface area contributed by atoms with Crippen molar-refractivity contribution in [1.82, 2.24) is 14.5 Å². The molecule has 1 fully saturated rings. The van der Waals surface area contributed by atoms with Crippen LogP contribution in [0.2, 0.25) is 0 Å². The zero-order valence-electron chi connectivity index (χ0n) is 20.2. The second-order valence-corrected chi connectivity index (χ2v) is 9.09. The van der Waals surface area contributed by atoms with Crippen molar-refractivity contribution >= 4 is 11.6 Å². The van der Waals surface area contributed by atoms with E-state index in [1.807, 2.05) is 0 Å². The summed E-state index contributed by atoms with van der Waals surface area (Å²) in [5, 5.41) is 2.52. The standard InChI is InChI=1S/C25H25F5N4O3/c1-14-19(17-4-5-18(26)20(27)21(17)36-11-8-16-12-34(3)13-32-16)22(37-24(14,2)25(28,29)30)23(35)33-15-6-9-31-10-7-15/h4-7,9-10,12-14,19,22H,8,11H2,1-3H3,(H,31,33,35)/t14-,19-,22+,24+/m0/s1. The smallest absolute Gasteiger partial charge is 0.417 e. The highest BCUT2D eigenvalue weighted by Crippen LogP contribution is 2.55. The largest absolute Gasteiger partial charge is 0.490 e. The van der Waals surface area contributed by atoms with Gasteiger partial charge in [0.1, 0.15) is 6.10 Å². The van der Waals surface area contributed by atoms with Gasteiger partial charge in [0.05, 0.1) is 18.6 Å². The van der Waals surface area contributed by atoms with Crippen molar-refractivity contribution in [2.75, 3.05) is 11.9 Å². The predicted octanol–water partition coefficient (Wildman–Crippen LogP) is 4.79. The summed E-state index contributed by atoms with van der Waals surface area (Å²) in [7, 11) is 1.76. The second-order valence-electron chi connectivity index (χ2n) is 9.09. The molecule has 3 heterocycles. The average molecular weight is 524 g/mol. The van der Waals surface area contributed by atoms with Crippen LogP contribution in [0.4, 0.5) is 27.6 Å². The number of nitrogens with one attached hydrogen (secondary N) is 1. The molecule has 4 atom stereocenters. The summed E-state index contributed by atoms with van der Waals surface area (Å²) in [4.78, 5) is 21.1. The lowest BCUT2D eigenvalue weighted by molar-refractivity contribution is -0.272. The predicted molar refractivity (Wildman–Crippen MR) is 123 cm³/mol. The molecule has 1 aliphatic heterocycles. The number of hydrogen-bond acceptors (Lipinski definition) is 5. The van der Waals surface area contributed by atoms with Crippen molar-refractivity contribution in [2.45, 2.75) is 44.1 Å². The van der Waals surface area contributed by atoms with Crippen LogP contribution >= 0.6 is 0 Å². The minimum atomic E-state index is -4.85. The number of carbonyl (C=O) groups is 1. The third kappa shape index (κ3) is 5.15. The topological polar surface area (TPSA) is 78.3 Å². The average Bonchev–Trinajstić information content (AvgIpc) is 3.38. The molecule has 0 aliphatic carbocycles. The number of amides is 1. The zero-order chi connectivity index (χ0) is 27.0. The van der Waals surface area contributed by atoms with Gasteiger partial charge in [-0.1, -0.05) is 13.0 Å². The van der Waals surface area contributed by atoms with Crippen molar-refractivity contribution in [3.8, 4) is 5.75 Å². The molecule has 0 saturated carbocycles. The molecule has 37 heavy (non-hydrogen) atoms. The molecule has 7 nitrogen and oxygen atoms in total. The van der Waals surface area contributed by atoms with E-state index in [4.69, 9.17) is 9.47 Å². The highest BCUT2D eigenvalue weighted by Gasteiger charge is 2.65. The van der Waals surface area contributed by atoms with Crippen LogP contribution in [0.3, 0.4) is 0 Å². The second kappa shape index (κ2) is 10.1. The molecule has 1 aliphatic rings. The fourth-order valence-corrected chi connectivity index (χ4v) is 4.48. The number of rotatable bonds is 7. The first kappa shape index (κ1) is 26.5. The number of halogens is 5. The SMILES string of the molecule is C[C@H]1[C@@H](c2ccc(F)c(F)c2OCCc2cn(C)cn2)[C@H](C(=O)Nc2ccncc2)O[C@@]1(C)C(F)(F)F. The number of aryl methyl sites for hydroxylation is 1. The first-order chi connectivity index (χ1) is 17.4. The number of benzene rings is 1. The molecule has 1 saturated heterocycles. The van der Waals surface area contributed by atoms with Crippen molar-refractivity contribution in [1.29, 1.82) is 0 Å². The Bertz CT molecular complexity index is 1270. The number of aromatic nitrogens is 3. The summed E-state index contributed by atoms with van der Waals surface area (Å²) >= 11 is 0. The first-order valence-corrected chi connectivity index (χ1v) is 11.5. The van der Waals surface area contributed by atoms with Gasteiger partial charge < -0.3 is 19.4 Å². The number of pyridine rings is 1. The van der Waals surface area contributed by atoms with Crippen LogP contribution in [-0.4, -0.2) is 44.9 Å². The highest BCUT2D eigenvalue weighted by molar-refractivity contribution is 5.95. The quantitative estimate of drug-likeness (QED) is 0.450. The number of ether oxygens (including phenoxy) is 2. The van der Waals surface area contributed by atoms with Crippen LogP contribution < -0.4 is 10.1 Å². The fraction of sp³-hybridized carbons (Fsp3) is 0.400. The van der Waals surface area contributed by atoms with Gasteiger partial charge in [0.15, 0.2) is 17.2 Å². The fourth-order valence-electron chi connectivity index (χ4n) is 4.48. The lowest BCUT2D eigenvalue weighted by Crippen LogP contribution is -2.47. The summed E-state index contributed by atoms with van der Waals surface area (Å²) < 4.78 is 84.3. The zero-order valence-corrected chi connectivity index (χ0v) is 20.2. The van der Waals surface area contributed by atoms with Crippen LogP contribution in [0.5, 0.6) is 5.75 Å². The van der Waals surface area contributed by atoms with Gasteiger partial charge in [0.2, 0.25) is 5.82 Å². The van der Waals surface area contributed by atoms with E-state index in [-0.39, 0.29) is 24.3 Å². The molecule has 4 rings (SSSR count). The number of nitrogens with zero attached hydrogens (tertiary/aromatic N) is 3. The minimum absolute atomic E-state index is 0.102. The molecule has 3 aromatic rings. The van der Waals surface area contributed by atoms with E-state index in [1.165, 1.54) is 31.5 Å². The Morgan fingerprint density at radius 1 is 1.22 bits per heavy atom. The van der Waals surface area contributed by atoms with Crippen LogP contribution in [-0.2, 0) is 23.0 Å². The molecule has 1 aromatic carbocycles. The summed E-state index contributed by atoms with van der Waals surface area (Å²) in [6.45, 7) is 1.97. The van der Waals surface area contributed by atoms with Crippen LogP contribution in [0, 0.1) is 17.6 Å². The third-order valence-electron chi connectivity index (χ3n) is 6.68. The maximum Gasteiger partial charge on any atom is 0.417 e. The van der Waals surface area contributed by atoms with Crippen LogP contribution in [0.1, 0.15) is 31.0 Å². The summed E-state index contributed by atoms with van der Waals surface area (Å²) in [6, 6.07) is 4.84. The van der Waals surface area contributed by atoms with E-state index in [2.05, 4.69) is 15.3 Å². The molecule has 2 aromatic heterocycles. The van der Waals surface area contributed by atoms with E-state index in [9.17, 15) is 26.7 Å². The molecule has 12 heteroatoms. The Kier molecular flexibility index (Phi) is 7.22. The highest BCUT2D eigenvalue weighted by atomic mass is 19.4. The monoisotopic (exact) mass is 524 g/mol. The van der Waals surface area contributed by atoms with Gasteiger partial charge in [0, 0.05) is 55.1 Å². The van der Waals surface area contributed by atoms with Gasteiger partial charge in [-0.05, 0) is 25.1 Å². The number of hydrogen-bond donors (Lipinski definition) is 1. The minimum Gasteiger partial charge on any atom is -0.490 e. The molecule has 198 valence electrons. The Hall–Kier alpha value is -3.54. The Morgan fingerprint density at radius 3 is 2.54 bits per heavy atom. The van der Waals surface area contributed by atoms with Gasteiger partial charge >= 0.3 is 6.18 Å². The summed E-state index contributed by atoms with van der Waals surface area (Å²) in [5.41, 5.74) is -1.94.